The van der Waals surface area contributed by atoms with Crippen LogP contribution >= 0.6 is 0 Å². The topological polar surface area (TPSA) is 131 Å². The predicted molar refractivity (Wildman–Crippen MR) is 62.5 cm³/mol. The maximum Gasteiger partial charge on any atom is 0.100 e. The third-order valence-corrected chi connectivity index (χ3v) is 1.04. The molecule has 0 aromatic rings. The van der Waals surface area contributed by atoms with Gasteiger partial charge in [-0.15, -0.1) is 0 Å². The molecule has 0 aliphatic heterocycles. The summed E-state index contributed by atoms with van der Waals surface area (Å²) in [5.41, 5.74) is 0. The fourth-order valence-electron chi connectivity index (χ4n) is 0.446. The fourth-order valence-corrected chi connectivity index (χ4v) is 0.446. The van der Waals surface area contributed by atoms with E-state index in [1.165, 1.54) is 0 Å². The van der Waals surface area contributed by atoms with Crippen LogP contribution in [0.5, 0.6) is 0 Å². The Labute approximate surface area is 102 Å². The number of ether oxygens (including phenoxy) is 1. The van der Waals surface area contributed by atoms with Crippen LogP contribution in [0.25, 0.3) is 0 Å². The summed E-state index contributed by atoms with van der Waals surface area (Å²) in [5.74, 6) is 0. The molecule has 0 saturated carbocycles. The van der Waals surface area contributed by atoms with Crippen LogP contribution in [0.15, 0.2) is 0 Å². The lowest BCUT2D eigenvalue weighted by molar-refractivity contribution is -0.0364. The van der Waals surface area contributed by atoms with Gasteiger partial charge in [-0.25, -0.2) is 0 Å². The van der Waals surface area contributed by atoms with E-state index in [1.807, 2.05) is 0 Å². The molecule has 0 bridgehead atoms. The minimum atomic E-state index is -0.916. The van der Waals surface area contributed by atoms with Crippen molar-refractivity contribution in [3.05, 3.63) is 0 Å². The Kier molecular flexibility index (Phi) is 27.2. The molecule has 0 aliphatic rings. The fraction of sp³-hybridized carbons (Fsp3) is 1.00. The van der Waals surface area contributed by atoms with Crippen molar-refractivity contribution < 1.29 is 35.4 Å². The zero-order valence-electron chi connectivity index (χ0n) is 10.5. The standard InChI is InChI=1S/C6H14O5.2C2H6O/c7-1-5(9)3-11-4-6(10)2-8;2*1-2-3/h5-10H,1-4H2;2*3H,2H2,1H3. The van der Waals surface area contributed by atoms with Gasteiger partial charge in [0, 0.05) is 13.2 Å². The van der Waals surface area contributed by atoms with Crippen molar-refractivity contribution in [2.75, 3.05) is 39.6 Å². The van der Waals surface area contributed by atoms with Crippen molar-refractivity contribution in [3.63, 3.8) is 0 Å². The van der Waals surface area contributed by atoms with E-state index in [0.29, 0.717) is 0 Å². The Morgan fingerprint density at radius 1 is 0.765 bits per heavy atom. The summed E-state index contributed by atoms with van der Waals surface area (Å²) in [7, 11) is 0. The molecule has 0 heterocycles. The SMILES string of the molecule is CCO.CCO.OCC(O)COCC(O)CO. The van der Waals surface area contributed by atoms with Gasteiger partial charge in [0.15, 0.2) is 0 Å². The van der Waals surface area contributed by atoms with E-state index < -0.39 is 12.2 Å². The Morgan fingerprint density at radius 3 is 1.18 bits per heavy atom. The van der Waals surface area contributed by atoms with Crippen molar-refractivity contribution in [2.24, 2.45) is 0 Å². The molecule has 108 valence electrons. The molecule has 17 heavy (non-hydrogen) atoms. The summed E-state index contributed by atoms with van der Waals surface area (Å²) in [6, 6.07) is 0. The maximum absolute atomic E-state index is 8.72. The van der Waals surface area contributed by atoms with Gasteiger partial charge in [-0.1, -0.05) is 0 Å². The Balaban J connectivity index is -0.000000273. The number of hydrogen-bond donors (Lipinski definition) is 6. The van der Waals surface area contributed by atoms with Crippen LogP contribution in [0.4, 0.5) is 0 Å². The highest BCUT2D eigenvalue weighted by Crippen LogP contribution is 1.87. The minimum Gasteiger partial charge on any atom is -0.397 e. The monoisotopic (exact) mass is 258 g/mol. The number of rotatable bonds is 6. The molecule has 0 saturated heterocycles. The summed E-state index contributed by atoms with van der Waals surface area (Å²) in [6.07, 6.45) is -1.83. The number of hydrogen-bond acceptors (Lipinski definition) is 7. The zero-order valence-corrected chi connectivity index (χ0v) is 10.5. The number of aliphatic hydroxyl groups excluding tert-OH is 6. The largest absolute Gasteiger partial charge is 0.397 e. The second-order valence-corrected chi connectivity index (χ2v) is 2.84. The zero-order chi connectivity index (χ0) is 14.1. The van der Waals surface area contributed by atoms with Crippen molar-refractivity contribution in [1.82, 2.24) is 0 Å². The molecule has 6 N–H and O–H groups in total. The lowest BCUT2D eigenvalue weighted by Crippen LogP contribution is -2.25. The first-order valence-corrected chi connectivity index (χ1v) is 5.41. The second-order valence-electron chi connectivity index (χ2n) is 2.84. The molecule has 0 aromatic heterocycles. The van der Waals surface area contributed by atoms with Crippen molar-refractivity contribution >= 4 is 0 Å². The summed E-state index contributed by atoms with van der Waals surface area (Å²) >= 11 is 0. The van der Waals surface area contributed by atoms with E-state index in [0.717, 1.165) is 0 Å². The summed E-state index contributed by atoms with van der Waals surface area (Å²) < 4.78 is 4.72. The van der Waals surface area contributed by atoms with E-state index in [9.17, 15) is 0 Å². The molecule has 0 rings (SSSR count). The molecule has 2 unspecified atom stereocenters. The van der Waals surface area contributed by atoms with Crippen LogP contribution in [-0.2, 0) is 4.74 Å². The smallest absolute Gasteiger partial charge is 0.100 e. The quantitative estimate of drug-likeness (QED) is 0.316. The summed E-state index contributed by atoms with van der Waals surface area (Å²) in [4.78, 5) is 0. The maximum atomic E-state index is 8.72. The van der Waals surface area contributed by atoms with Gasteiger partial charge < -0.3 is 35.4 Å². The van der Waals surface area contributed by atoms with E-state index in [-0.39, 0.29) is 39.6 Å². The normalized spacial score (nSPS) is 12.7. The highest BCUT2D eigenvalue weighted by atomic mass is 16.5. The van der Waals surface area contributed by atoms with Gasteiger partial charge in [0.25, 0.3) is 0 Å². The van der Waals surface area contributed by atoms with Crippen LogP contribution in [-0.4, -0.2) is 82.5 Å². The molecular weight excluding hydrogens is 232 g/mol. The van der Waals surface area contributed by atoms with Crippen LogP contribution in [0.1, 0.15) is 13.8 Å². The first-order chi connectivity index (χ1) is 8.03. The highest BCUT2D eigenvalue weighted by Gasteiger charge is 2.04. The average molecular weight is 258 g/mol. The second kappa shape index (κ2) is 21.1. The molecule has 0 aromatic carbocycles. The molecule has 0 radical (unpaired) electrons. The predicted octanol–water partition coefficient (Wildman–Crippen LogP) is -2.29. The van der Waals surface area contributed by atoms with Crippen LogP contribution in [0.3, 0.4) is 0 Å². The average Bonchev–Trinajstić information content (AvgIpc) is 2.30. The van der Waals surface area contributed by atoms with E-state index in [4.69, 9.17) is 35.4 Å². The third-order valence-electron chi connectivity index (χ3n) is 1.04. The molecule has 0 spiro atoms. The first-order valence-electron chi connectivity index (χ1n) is 5.41. The van der Waals surface area contributed by atoms with Crippen LogP contribution in [0, 0.1) is 0 Å². The van der Waals surface area contributed by atoms with Gasteiger partial charge in [-0.3, -0.25) is 0 Å². The van der Waals surface area contributed by atoms with Crippen molar-refractivity contribution in [1.29, 1.82) is 0 Å². The van der Waals surface area contributed by atoms with Crippen molar-refractivity contribution in [2.45, 2.75) is 26.1 Å². The van der Waals surface area contributed by atoms with Crippen molar-refractivity contribution in [3.8, 4) is 0 Å². The molecule has 0 amide bonds. The van der Waals surface area contributed by atoms with Gasteiger partial charge in [-0.05, 0) is 13.8 Å². The molecule has 0 fully saturated rings. The van der Waals surface area contributed by atoms with Gasteiger partial charge >= 0.3 is 0 Å². The van der Waals surface area contributed by atoms with Gasteiger partial charge in [0.2, 0.25) is 0 Å². The number of aliphatic hydroxyl groups is 6. The first kappa shape index (κ1) is 21.9. The van der Waals surface area contributed by atoms with Crippen LogP contribution in [0.2, 0.25) is 0 Å². The summed E-state index contributed by atoms with van der Waals surface area (Å²) in [5, 5.41) is 49.2. The van der Waals surface area contributed by atoms with Gasteiger partial charge in [0.1, 0.15) is 12.2 Å². The Morgan fingerprint density at radius 2 is 1.00 bits per heavy atom. The van der Waals surface area contributed by atoms with E-state index >= 15 is 0 Å². The van der Waals surface area contributed by atoms with E-state index in [1.54, 1.807) is 13.8 Å². The molecule has 7 heteroatoms. The molecular formula is C10H26O7. The van der Waals surface area contributed by atoms with Crippen LogP contribution < -0.4 is 0 Å². The Bertz CT molecular complexity index is 101. The third kappa shape index (κ3) is 31.3. The molecule has 0 aliphatic carbocycles. The minimum absolute atomic E-state index is 0.0342. The van der Waals surface area contributed by atoms with Gasteiger partial charge in [-0.2, -0.15) is 0 Å². The van der Waals surface area contributed by atoms with E-state index in [2.05, 4.69) is 0 Å². The lowest BCUT2D eigenvalue weighted by atomic mass is 10.4. The molecule has 2 atom stereocenters. The lowest BCUT2D eigenvalue weighted by Gasteiger charge is -2.10. The summed E-state index contributed by atoms with van der Waals surface area (Å²) in [6.45, 7) is 3.06. The molecule has 7 nitrogen and oxygen atoms in total. The highest BCUT2D eigenvalue weighted by molar-refractivity contribution is 4.52. The van der Waals surface area contributed by atoms with Gasteiger partial charge in [0.05, 0.1) is 26.4 Å². The Hall–Kier alpha value is -0.280.